The maximum absolute atomic E-state index is 15.1. The van der Waals surface area contributed by atoms with Crippen molar-refractivity contribution in [3.8, 4) is 28.7 Å². The van der Waals surface area contributed by atoms with Crippen molar-refractivity contribution in [3.05, 3.63) is 84.8 Å². The molecule has 4 aromatic carbocycles. The first kappa shape index (κ1) is 25.1. The number of benzene rings is 4. The van der Waals surface area contributed by atoms with Crippen molar-refractivity contribution in [2.45, 2.75) is 4.90 Å². The fraction of sp³-hybridized carbons (Fsp3) is 0.107. The van der Waals surface area contributed by atoms with Crippen molar-refractivity contribution < 1.29 is 31.8 Å². The highest BCUT2D eigenvalue weighted by molar-refractivity contribution is 7.93. The van der Waals surface area contributed by atoms with Gasteiger partial charge in [-0.05, 0) is 36.4 Å². The van der Waals surface area contributed by atoms with Gasteiger partial charge in [0.1, 0.15) is 11.5 Å². The van der Waals surface area contributed by atoms with Crippen LogP contribution >= 0.6 is 0 Å². The minimum Gasteiger partial charge on any atom is -0.496 e. The number of sulfonamides is 1. The number of hydrogen-bond donors (Lipinski definition) is 1. The van der Waals surface area contributed by atoms with E-state index in [1.54, 1.807) is 48.5 Å². The molecule has 0 spiro atoms. The van der Waals surface area contributed by atoms with E-state index in [9.17, 15) is 8.42 Å². The molecule has 1 N–H and O–H groups in total. The summed E-state index contributed by atoms with van der Waals surface area (Å²) in [4.78, 5) is 4.36. The van der Waals surface area contributed by atoms with Gasteiger partial charge in [0.2, 0.25) is 0 Å². The van der Waals surface area contributed by atoms with Gasteiger partial charge < -0.3 is 18.9 Å². The third kappa shape index (κ3) is 4.61. The molecule has 0 bridgehead atoms. The van der Waals surface area contributed by atoms with E-state index >= 15 is 4.39 Å². The van der Waals surface area contributed by atoms with Crippen LogP contribution in [0, 0.1) is 5.82 Å². The molecule has 0 saturated carbocycles. The number of methoxy groups -OCH3 is 3. The van der Waals surface area contributed by atoms with Crippen LogP contribution in [0.25, 0.3) is 21.7 Å². The van der Waals surface area contributed by atoms with Gasteiger partial charge in [0.05, 0.1) is 37.4 Å². The van der Waals surface area contributed by atoms with E-state index in [1.807, 2.05) is 0 Å². The minimum absolute atomic E-state index is 0.0424. The van der Waals surface area contributed by atoms with E-state index in [2.05, 4.69) is 9.71 Å². The smallest absolute Gasteiger partial charge is 0.262 e. The fourth-order valence-corrected chi connectivity index (χ4v) is 5.43. The van der Waals surface area contributed by atoms with Gasteiger partial charge in [0.15, 0.2) is 23.1 Å². The number of pyridine rings is 1. The number of anilines is 1. The van der Waals surface area contributed by atoms with Gasteiger partial charge in [0.25, 0.3) is 10.0 Å². The normalized spacial score (nSPS) is 11.4. The highest BCUT2D eigenvalue weighted by Crippen LogP contribution is 2.38. The standard InChI is InChI=1S/C28H23FN2O6S/c1-34-23-10-11-28(19-7-5-4-6-18(19)23)38(32,33)31-17-8-9-25(21(29)14-17)37-24-12-13-30-22-16-27(36-3)26(35-2)15-20(22)24/h4-16,31H,1-3H3. The summed E-state index contributed by atoms with van der Waals surface area (Å²) >= 11 is 0. The Balaban J connectivity index is 1.45. The molecular formula is C28H23FN2O6S. The molecule has 0 fully saturated rings. The van der Waals surface area contributed by atoms with Gasteiger partial charge >= 0.3 is 0 Å². The Morgan fingerprint density at radius 2 is 1.39 bits per heavy atom. The van der Waals surface area contributed by atoms with Crippen LogP contribution in [0.1, 0.15) is 0 Å². The molecule has 38 heavy (non-hydrogen) atoms. The van der Waals surface area contributed by atoms with Gasteiger partial charge in [-0.3, -0.25) is 9.71 Å². The lowest BCUT2D eigenvalue weighted by Gasteiger charge is -2.14. The Morgan fingerprint density at radius 3 is 2.11 bits per heavy atom. The van der Waals surface area contributed by atoms with E-state index in [4.69, 9.17) is 18.9 Å². The lowest BCUT2D eigenvalue weighted by molar-refractivity contribution is 0.355. The molecule has 0 atom stereocenters. The molecule has 0 aliphatic heterocycles. The summed E-state index contributed by atoms with van der Waals surface area (Å²) in [6.07, 6.45) is 1.53. The van der Waals surface area contributed by atoms with Crippen LogP contribution in [-0.2, 0) is 10.0 Å². The first-order chi connectivity index (χ1) is 18.3. The van der Waals surface area contributed by atoms with E-state index in [-0.39, 0.29) is 16.3 Å². The zero-order chi connectivity index (χ0) is 26.9. The third-order valence-electron chi connectivity index (χ3n) is 5.96. The number of rotatable bonds is 8. The van der Waals surface area contributed by atoms with Gasteiger partial charge in [-0.25, -0.2) is 12.8 Å². The molecule has 0 aliphatic rings. The van der Waals surface area contributed by atoms with Crippen LogP contribution in [-0.4, -0.2) is 34.7 Å². The number of nitrogens with one attached hydrogen (secondary N) is 1. The Labute approximate surface area is 218 Å². The highest BCUT2D eigenvalue weighted by atomic mass is 32.2. The molecule has 0 amide bonds. The molecule has 0 saturated heterocycles. The summed E-state index contributed by atoms with van der Waals surface area (Å²) in [5, 5.41) is 1.71. The van der Waals surface area contributed by atoms with Crippen molar-refractivity contribution in [2.24, 2.45) is 0 Å². The summed E-state index contributed by atoms with van der Waals surface area (Å²) in [5.74, 6) is 1.01. The molecule has 1 aromatic heterocycles. The Kier molecular flexibility index (Phi) is 6.64. The number of nitrogens with zero attached hydrogens (tertiary/aromatic N) is 1. The predicted octanol–water partition coefficient (Wildman–Crippen LogP) is 6.15. The van der Waals surface area contributed by atoms with Crippen LogP contribution in [0.3, 0.4) is 0 Å². The third-order valence-corrected chi connectivity index (χ3v) is 7.40. The molecular weight excluding hydrogens is 511 g/mol. The topological polar surface area (TPSA) is 96.0 Å². The summed E-state index contributed by atoms with van der Waals surface area (Å²) in [5.41, 5.74) is 0.609. The second-order valence-corrected chi connectivity index (χ2v) is 9.85. The number of hydrogen-bond acceptors (Lipinski definition) is 7. The number of aromatic nitrogens is 1. The van der Waals surface area contributed by atoms with E-state index < -0.39 is 15.8 Å². The first-order valence-corrected chi connectivity index (χ1v) is 12.9. The molecule has 0 unspecified atom stereocenters. The zero-order valence-electron chi connectivity index (χ0n) is 20.7. The SMILES string of the molecule is COc1cc2nccc(Oc3ccc(NS(=O)(=O)c4ccc(OC)c5ccccc45)cc3F)c2cc1OC. The Hall–Kier alpha value is -4.57. The van der Waals surface area contributed by atoms with E-state index in [0.717, 1.165) is 6.07 Å². The number of ether oxygens (including phenoxy) is 4. The Morgan fingerprint density at radius 1 is 0.711 bits per heavy atom. The summed E-state index contributed by atoms with van der Waals surface area (Å²) in [7, 11) is 0.502. The van der Waals surface area contributed by atoms with Crippen molar-refractivity contribution in [3.63, 3.8) is 0 Å². The molecule has 8 nitrogen and oxygen atoms in total. The summed E-state index contributed by atoms with van der Waals surface area (Å²) in [6.45, 7) is 0. The minimum atomic E-state index is -4.04. The van der Waals surface area contributed by atoms with Crippen molar-refractivity contribution in [2.75, 3.05) is 26.1 Å². The quantitative estimate of drug-likeness (QED) is 0.255. The van der Waals surface area contributed by atoms with Gasteiger partial charge in [-0.15, -0.1) is 0 Å². The summed E-state index contributed by atoms with van der Waals surface area (Å²) in [6, 6.07) is 18.8. The Bertz CT molecular complexity index is 1780. The van der Waals surface area contributed by atoms with E-state index in [1.165, 1.54) is 45.7 Å². The first-order valence-electron chi connectivity index (χ1n) is 11.4. The van der Waals surface area contributed by atoms with Crippen molar-refractivity contribution in [1.29, 1.82) is 0 Å². The van der Waals surface area contributed by atoms with Crippen LogP contribution in [0.15, 0.2) is 83.9 Å². The molecule has 0 radical (unpaired) electrons. The molecule has 10 heteroatoms. The average Bonchev–Trinajstić information content (AvgIpc) is 2.93. The van der Waals surface area contributed by atoms with Crippen LogP contribution in [0.2, 0.25) is 0 Å². The molecule has 0 aliphatic carbocycles. The second kappa shape index (κ2) is 10.1. The van der Waals surface area contributed by atoms with Crippen LogP contribution < -0.4 is 23.7 Å². The van der Waals surface area contributed by atoms with Crippen LogP contribution in [0.5, 0.6) is 28.7 Å². The van der Waals surface area contributed by atoms with Gasteiger partial charge in [-0.1, -0.05) is 24.3 Å². The monoisotopic (exact) mass is 534 g/mol. The molecule has 1 heterocycles. The van der Waals surface area contributed by atoms with Gasteiger partial charge in [-0.2, -0.15) is 0 Å². The predicted molar refractivity (Wildman–Crippen MR) is 143 cm³/mol. The average molecular weight is 535 g/mol. The lowest BCUT2D eigenvalue weighted by Crippen LogP contribution is -2.13. The molecule has 5 rings (SSSR count). The maximum atomic E-state index is 15.1. The number of halogens is 1. The lowest BCUT2D eigenvalue weighted by atomic mass is 10.1. The number of fused-ring (bicyclic) bond motifs is 2. The highest BCUT2D eigenvalue weighted by Gasteiger charge is 2.20. The fourth-order valence-electron chi connectivity index (χ4n) is 4.17. The summed E-state index contributed by atoms with van der Waals surface area (Å²) < 4.78 is 65.9. The molecule has 194 valence electrons. The van der Waals surface area contributed by atoms with Crippen molar-refractivity contribution in [1.82, 2.24) is 4.98 Å². The maximum Gasteiger partial charge on any atom is 0.262 e. The van der Waals surface area contributed by atoms with Crippen molar-refractivity contribution >= 4 is 37.4 Å². The van der Waals surface area contributed by atoms with E-state index in [0.29, 0.717) is 44.7 Å². The van der Waals surface area contributed by atoms with Crippen LogP contribution in [0.4, 0.5) is 10.1 Å². The largest absolute Gasteiger partial charge is 0.496 e. The van der Waals surface area contributed by atoms with Gasteiger partial charge in [0, 0.05) is 34.5 Å². The zero-order valence-corrected chi connectivity index (χ0v) is 21.5. The second-order valence-electron chi connectivity index (χ2n) is 8.20. The molecule has 5 aromatic rings.